The van der Waals surface area contributed by atoms with Crippen LogP contribution in [-0.2, 0) is 17.6 Å². The van der Waals surface area contributed by atoms with Gasteiger partial charge in [0, 0.05) is 23.7 Å². The van der Waals surface area contributed by atoms with Crippen molar-refractivity contribution < 1.29 is 14.0 Å². The molecular weight excluding hydrogens is 355 g/mol. The van der Waals surface area contributed by atoms with E-state index in [1.807, 2.05) is 0 Å². The minimum atomic E-state index is -0.345. The summed E-state index contributed by atoms with van der Waals surface area (Å²) in [6, 6.07) is 5.53. The van der Waals surface area contributed by atoms with Crippen molar-refractivity contribution in [2.45, 2.75) is 25.7 Å². The van der Waals surface area contributed by atoms with Gasteiger partial charge in [0.15, 0.2) is 5.13 Å². The fourth-order valence-corrected chi connectivity index (χ4v) is 4.39. The number of fused-ring (bicyclic) bond motifs is 1. The Morgan fingerprint density at radius 3 is 2.73 bits per heavy atom. The molecule has 1 aromatic heterocycles. The molecule has 0 saturated carbocycles. The first-order valence-corrected chi connectivity index (χ1v) is 9.52. The molecule has 1 aliphatic carbocycles. The normalized spacial score (nSPS) is 16.7. The first-order valence-electron chi connectivity index (χ1n) is 8.70. The van der Waals surface area contributed by atoms with Crippen LogP contribution in [0.25, 0.3) is 0 Å². The fraction of sp³-hybridized carbons (Fsp3) is 0.389. The lowest BCUT2D eigenvalue weighted by atomic mass is 10.0. The van der Waals surface area contributed by atoms with Crippen LogP contribution in [0.4, 0.5) is 20.0 Å². The van der Waals surface area contributed by atoms with Crippen LogP contribution in [0.5, 0.6) is 0 Å². The third-order valence-corrected chi connectivity index (χ3v) is 5.73. The summed E-state index contributed by atoms with van der Waals surface area (Å²) in [5.41, 5.74) is 1.73. The third-order valence-electron chi connectivity index (χ3n) is 4.66. The number of amides is 3. The van der Waals surface area contributed by atoms with Crippen molar-refractivity contribution in [1.29, 1.82) is 0 Å². The standard InChI is InChI=1S/C18H19FN4O2S/c19-12-5-7-13(8-6-12)23-10-9-22(18(23)25)11-16(24)21-17-20-14-3-1-2-4-15(14)26-17/h5-8H,1-4,9-11H2,(H,20,21,24). The van der Waals surface area contributed by atoms with Gasteiger partial charge in [0.25, 0.3) is 0 Å². The number of carbonyl (C=O) groups is 2. The molecule has 2 heterocycles. The number of urea groups is 1. The second-order valence-corrected chi connectivity index (χ2v) is 7.56. The smallest absolute Gasteiger partial charge is 0.313 e. The molecule has 3 amide bonds. The molecule has 136 valence electrons. The van der Waals surface area contributed by atoms with E-state index in [0.29, 0.717) is 23.9 Å². The number of rotatable bonds is 4. The highest BCUT2D eigenvalue weighted by molar-refractivity contribution is 7.15. The molecular formula is C18H19FN4O2S. The van der Waals surface area contributed by atoms with E-state index in [9.17, 15) is 14.0 Å². The van der Waals surface area contributed by atoms with Gasteiger partial charge in [-0.25, -0.2) is 14.2 Å². The third kappa shape index (κ3) is 3.41. The molecule has 2 aliphatic rings. The van der Waals surface area contributed by atoms with E-state index < -0.39 is 0 Å². The van der Waals surface area contributed by atoms with Gasteiger partial charge in [-0.15, -0.1) is 11.3 Å². The Morgan fingerprint density at radius 1 is 1.19 bits per heavy atom. The SMILES string of the molecule is O=C(CN1CCN(c2ccc(F)cc2)C1=O)Nc1nc2c(s1)CCCC2. The van der Waals surface area contributed by atoms with E-state index >= 15 is 0 Å². The van der Waals surface area contributed by atoms with Crippen LogP contribution in [0, 0.1) is 5.82 Å². The van der Waals surface area contributed by atoms with E-state index in [0.717, 1.165) is 25.0 Å². The lowest BCUT2D eigenvalue weighted by molar-refractivity contribution is -0.116. The molecule has 1 saturated heterocycles. The number of hydrogen-bond acceptors (Lipinski definition) is 4. The van der Waals surface area contributed by atoms with Gasteiger partial charge in [-0.1, -0.05) is 0 Å². The predicted octanol–water partition coefficient (Wildman–Crippen LogP) is 3.04. The molecule has 1 fully saturated rings. The Hall–Kier alpha value is -2.48. The number of benzene rings is 1. The Morgan fingerprint density at radius 2 is 1.96 bits per heavy atom. The highest BCUT2D eigenvalue weighted by Crippen LogP contribution is 2.29. The van der Waals surface area contributed by atoms with Crippen molar-refractivity contribution in [2.24, 2.45) is 0 Å². The minimum Gasteiger partial charge on any atom is -0.313 e. The summed E-state index contributed by atoms with van der Waals surface area (Å²) in [6.07, 6.45) is 4.31. The van der Waals surface area contributed by atoms with Crippen LogP contribution < -0.4 is 10.2 Å². The number of hydrogen-bond donors (Lipinski definition) is 1. The quantitative estimate of drug-likeness (QED) is 0.895. The molecule has 0 bridgehead atoms. The molecule has 0 unspecified atom stereocenters. The topological polar surface area (TPSA) is 65.5 Å². The Labute approximate surface area is 154 Å². The van der Waals surface area contributed by atoms with E-state index in [2.05, 4.69) is 10.3 Å². The zero-order chi connectivity index (χ0) is 18.1. The molecule has 0 spiro atoms. The number of thiazole rings is 1. The van der Waals surface area contributed by atoms with Gasteiger partial charge in [-0.05, 0) is 49.9 Å². The summed E-state index contributed by atoms with van der Waals surface area (Å²) >= 11 is 1.53. The summed E-state index contributed by atoms with van der Waals surface area (Å²) in [7, 11) is 0. The van der Waals surface area contributed by atoms with Crippen molar-refractivity contribution in [1.82, 2.24) is 9.88 Å². The van der Waals surface area contributed by atoms with Crippen LogP contribution in [0.1, 0.15) is 23.4 Å². The van der Waals surface area contributed by atoms with Gasteiger partial charge < -0.3 is 10.2 Å². The lowest BCUT2D eigenvalue weighted by Gasteiger charge is -2.18. The Kier molecular flexibility index (Phi) is 4.58. The number of anilines is 2. The van der Waals surface area contributed by atoms with Crippen molar-refractivity contribution in [3.05, 3.63) is 40.7 Å². The highest BCUT2D eigenvalue weighted by Gasteiger charge is 2.31. The lowest BCUT2D eigenvalue weighted by Crippen LogP contribution is -2.37. The first kappa shape index (κ1) is 17.0. The molecule has 4 rings (SSSR count). The summed E-state index contributed by atoms with van der Waals surface area (Å²) in [6.45, 7) is 0.919. The molecule has 2 aromatic rings. The maximum Gasteiger partial charge on any atom is 0.325 e. The van der Waals surface area contributed by atoms with Crippen molar-refractivity contribution in [2.75, 3.05) is 29.9 Å². The second kappa shape index (κ2) is 7.03. The molecule has 1 aromatic carbocycles. The highest BCUT2D eigenvalue weighted by atomic mass is 32.1. The first-order chi connectivity index (χ1) is 12.6. The molecule has 26 heavy (non-hydrogen) atoms. The van der Waals surface area contributed by atoms with Gasteiger partial charge in [-0.2, -0.15) is 0 Å². The van der Waals surface area contributed by atoms with Gasteiger partial charge in [0.1, 0.15) is 12.4 Å². The Balaban J connectivity index is 1.36. The maximum absolute atomic E-state index is 13.0. The molecule has 0 atom stereocenters. The van der Waals surface area contributed by atoms with E-state index in [1.54, 1.807) is 17.0 Å². The van der Waals surface area contributed by atoms with Gasteiger partial charge in [0.05, 0.1) is 5.69 Å². The van der Waals surface area contributed by atoms with Crippen molar-refractivity contribution >= 4 is 34.1 Å². The molecule has 6 nitrogen and oxygen atoms in total. The predicted molar refractivity (Wildman–Crippen MR) is 98.1 cm³/mol. The Bertz CT molecular complexity index is 813. The largest absolute Gasteiger partial charge is 0.325 e. The van der Waals surface area contributed by atoms with Crippen molar-refractivity contribution in [3.63, 3.8) is 0 Å². The van der Waals surface area contributed by atoms with E-state index in [1.165, 1.54) is 39.7 Å². The average Bonchev–Trinajstić information content (AvgIpc) is 3.19. The summed E-state index contributed by atoms with van der Waals surface area (Å²) < 4.78 is 13.0. The number of halogens is 1. The second-order valence-electron chi connectivity index (χ2n) is 6.48. The number of nitrogens with zero attached hydrogens (tertiary/aromatic N) is 3. The number of aromatic nitrogens is 1. The fourth-order valence-electron chi connectivity index (χ4n) is 3.33. The van der Waals surface area contributed by atoms with Crippen LogP contribution >= 0.6 is 11.3 Å². The monoisotopic (exact) mass is 374 g/mol. The molecule has 1 N–H and O–H groups in total. The zero-order valence-corrected chi connectivity index (χ0v) is 15.0. The van der Waals surface area contributed by atoms with Crippen LogP contribution in [0.15, 0.2) is 24.3 Å². The van der Waals surface area contributed by atoms with Gasteiger partial charge >= 0.3 is 6.03 Å². The summed E-state index contributed by atoms with van der Waals surface area (Å²) in [5, 5.41) is 3.43. The number of carbonyl (C=O) groups excluding carboxylic acids is 2. The maximum atomic E-state index is 13.0. The summed E-state index contributed by atoms with van der Waals surface area (Å²) in [5.74, 6) is -0.590. The van der Waals surface area contributed by atoms with E-state index in [4.69, 9.17) is 0 Å². The molecule has 0 radical (unpaired) electrons. The number of aryl methyl sites for hydroxylation is 2. The molecule has 1 aliphatic heterocycles. The van der Waals surface area contributed by atoms with Gasteiger partial charge in [-0.3, -0.25) is 9.69 Å². The van der Waals surface area contributed by atoms with Crippen LogP contribution in [-0.4, -0.2) is 41.5 Å². The number of nitrogens with one attached hydrogen (secondary N) is 1. The van der Waals surface area contributed by atoms with Crippen LogP contribution in [0.3, 0.4) is 0 Å². The van der Waals surface area contributed by atoms with Crippen molar-refractivity contribution in [3.8, 4) is 0 Å². The summed E-state index contributed by atoms with van der Waals surface area (Å²) in [4.78, 5) is 33.6. The zero-order valence-electron chi connectivity index (χ0n) is 14.2. The van der Waals surface area contributed by atoms with Crippen LogP contribution in [0.2, 0.25) is 0 Å². The minimum absolute atomic E-state index is 0.0131. The molecule has 8 heteroatoms. The average molecular weight is 374 g/mol. The van der Waals surface area contributed by atoms with E-state index in [-0.39, 0.29) is 24.3 Å². The van der Waals surface area contributed by atoms with Gasteiger partial charge in [0.2, 0.25) is 5.91 Å².